The van der Waals surface area contributed by atoms with Gasteiger partial charge >= 0.3 is 6.18 Å². The molecule has 3 aromatic rings. The quantitative estimate of drug-likeness (QED) is 0.418. The molecule has 1 unspecified atom stereocenters. The van der Waals surface area contributed by atoms with Crippen molar-refractivity contribution in [1.29, 1.82) is 0 Å². The summed E-state index contributed by atoms with van der Waals surface area (Å²) in [7, 11) is -3.71. The molecule has 1 aliphatic rings. The lowest BCUT2D eigenvalue weighted by atomic mass is 10.0. The van der Waals surface area contributed by atoms with Crippen molar-refractivity contribution >= 4 is 27.3 Å². The normalized spacial score (nSPS) is 14.5. The van der Waals surface area contributed by atoms with E-state index in [2.05, 4.69) is 0 Å². The number of nitrogens with zero attached hydrogens (tertiary/aromatic N) is 1. The number of hydrogen-bond donors (Lipinski definition) is 0. The first-order valence-corrected chi connectivity index (χ1v) is 12.8. The third kappa shape index (κ3) is 5.46. The predicted octanol–water partition coefficient (Wildman–Crippen LogP) is 5.90. The molecule has 5 nitrogen and oxygen atoms in total. The summed E-state index contributed by atoms with van der Waals surface area (Å²) in [6, 6.07) is 16.3. The van der Waals surface area contributed by atoms with Crippen LogP contribution in [0.4, 0.5) is 13.2 Å². The van der Waals surface area contributed by atoms with Gasteiger partial charge in [0.25, 0.3) is 5.91 Å². The van der Waals surface area contributed by atoms with Crippen molar-refractivity contribution in [1.82, 2.24) is 4.90 Å². The number of benzene rings is 3. The highest BCUT2D eigenvalue weighted by molar-refractivity contribution is 7.90. The van der Waals surface area contributed by atoms with Crippen LogP contribution in [0.5, 0.6) is 5.75 Å². The second kappa shape index (κ2) is 9.20. The minimum Gasteiger partial charge on any atom is -0.480 e. The Kier molecular flexibility index (Phi) is 6.59. The van der Waals surface area contributed by atoms with Crippen LogP contribution in [0.25, 0.3) is 11.1 Å². The Morgan fingerprint density at radius 1 is 0.971 bits per heavy atom. The van der Waals surface area contributed by atoms with Crippen molar-refractivity contribution in [3.05, 3.63) is 82.4 Å². The lowest BCUT2D eigenvalue weighted by Crippen LogP contribution is -2.32. The van der Waals surface area contributed by atoms with Crippen molar-refractivity contribution < 1.29 is 31.1 Å². The molecule has 0 saturated carbocycles. The molecule has 0 spiro atoms. The molecule has 1 amide bonds. The van der Waals surface area contributed by atoms with E-state index in [1.165, 1.54) is 4.90 Å². The molecule has 0 fully saturated rings. The molecule has 0 bridgehead atoms. The highest BCUT2D eigenvalue weighted by Gasteiger charge is 2.39. The van der Waals surface area contributed by atoms with Gasteiger partial charge in [-0.25, -0.2) is 8.42 Å². The molecular weight excluding hydrogens is 503 g/mol. The number of halogens is 4. The number of amides is 1. The molecule has 4 rings (SSSR count). The molecule has 0 saturated heterocycles. The SMILES string of the molecule is CC(Oc1ccc(S(C)(=O)=O)cc1C(=O)N1Cc2ccc(-c3ccc(Cl)cc3)cc2C1)C(F)(F)F. The molecule has 1 atom stereocenters. The summed E-state index contributed by atoms with van der Waals surface area (Å²) >= 11 is 5.96. The molecule has 3 aromatic carbocycles. The van der Waals surface area contributed by atoms with Gasteiger partial charge in [0.15, 0.2) is 15.9 Å². The standard InChI is InChI=1S/C25H21ClF3NO4S/c1-15(25(27,28)29)34-23-10-9-21(35(2,32)33)12-22(23)24(31)30-13-18-4-3-17(11-19(18)14-30)16-5-7-20(26)8-6-16/h3-12,15H,13-14H2,1-2H3. The summed E-state index contributed by atoms with van der Waals surface area (Å²) in [6.45, 7) is 1.27. The van der Waals surface area contributed by atoms with Crippen LogP contribution in [-0.4, -0.2) is 37.8 Å². The van der Waals surface area contributed by atoms with Crippen LogP contribution >= 0.6 is 11.6 Å². The molecule has 184 valence electrons. The Hall–Kier alpha value is -3.04. The molecule has 0 radical (unpaired) electrons. The second-order valence-electron chi connectivity index (χ2n) is 8.38. The van der Waals surface area contributed by atoms with E-state index < -0.39 is 28.0 Å². The summed E-state index contributed by atoms with van der Waals surface area (Å²) in [4.78, 5) is 14.7. The summed E-state index contributed by atoms with van der Waals surface area (Å²) in [5, 5.41) is 0.612. The Morgan fingerprint density at radius 2 is 1.60 bits per heavy atom. The number of carbonyl (C=O) groups is 1. The van der Waals surface area contributed by atoms with Crippen molar-refractivity contribution in [2.45, 2.75) is 37.2 Å². The zero-order valence-corrected chi connectivity index (χ0v) is 20.3. The van der Waals surface area contributed by atoms with E-state index in [0.717, 1.165) is 53.6 Å². The lowest BCUT2D eigenvalue weighted by molar-refractivity contribution is -0.189. The first-order valence-electron chi connectivity index (χ1n) is 10.6. The van der Waals surface area contributed by atoms with E-state index in [-0.39, 0.29) is 29.3 Å². The summed E-state index contributed by atoms with van der Waals surface area (Å²) < 4.78 is 68.4. The largest absolute Gasteiger partial charge is 0.480 e. The number of sulfone groups is 1. The molecule has 1 aliphatic heterocycles. The van der Waals surface area contributed by atoms with Gasteiger partial charge < -0.3 is 9.64 Å². The van der Waals surface area contributed by atoms with Crippen LogP contribution in [0.1, 0.15) is 28.4 Å². The highest BCUT2D eigenvalue weighted by Crippen LogP contribution is 2.33. The average molecular weight is 524 g/mol. The number of rotatable bonds is 5. The summed E-state index contributed by atoms with van der Waals surface area (Å²) in [5.74, 6) is -0.950. The zero-order valence-electron chi connectivity index (χ0n) is 18.8. The minimum atomic E-state index is -4.65. The minimum absolute atomic E-state index is 0.186. The highest BCUT2D eigenvalue weighted by atomic mass is 35.5. The molecule has 1 heterocycles. The number of alkyl halides is 3. The Bertz CT molecular complexity index is 1390. The maximum Gasteiger partial charge on any atom is 0.425 e. The average Bonchev–Trinajstić information content (AvgIpc) is 3.21. The van der Waals surface area contributed by atoms with E-state index in [1.54, 1.807) is 12.1 Å². The fourth-order valence-corrected chi connectivity index (χ4v) is 4.57. The van der Waals surface area contributed by atoms with Gasteiger partial charge in [-0.3, -0.25) is 4.79 Å². The van der Waals surface area contributed by atoms with Crippen LogP contribution < -0.4 is 4.74 Å². The van der Waals surface area contributed by atoms with E-state index in [0.29, 0.717) is 5.02 Å². The molecule has 10 heteroatoms. The number of hydrogen-bond acceptors (Lipinski definition) is 4. The van der Waals surface area contributed by atoms with Gasteiger partial charge in [0.1, 0.15) is 5.75 Å². The van der Waals surface area contributed by atoms with E-state index in [4.69, 9.17) is 16.3 Å². The van der Waals surface area contributed by atoms with Crippen LogP contribution in [-0.2, 0) is 22.9 Å². The summed E-state index contributed by atoms with van der Waals surface area (Å²) in [6.07, 6.45) is -5.88. The maximum absolute atomic E-state index is 13.4. The monoisotopic (exact) mass is 523 g/mol. The lowest BCUT2D eigenvalue weighted by Gasteiger charge is -2.22. The zero-order chi connectivity index (χ0) is 25.5. The van der Waals surface area contributed by atoms with Gasteiger partial charge in [-0.1, -0.05) is 35.9 Å². The summed E-state index contributed by atoms with van der Waals surface area (Å²) in [5.41, 5.74) is 3.41. The molecule has 35 heavy (non-hydrogen) atoms. The maximum atomic E-state index is 13.4. The fourth-order valence-electron chi connectivity index (χ4n) is 3.80. The predicted molar refractivity (Wildman–Crippen MR) is 126 cm³/mol. The van der Waals surface area contributed by atoms with Crippen molar-refractivity contribution in [3.8, 4) is 16.9 Å². The number of fused-ring (bicyclic) bond motifs is 1. The van der Waals surface area contributed by atoms with Gasteiger partial charge in [-0.2, -0.15) is 13.2 Å². The number of carbonyl (C=O) groups excluding carboxylic acids is 1. The Labute approximate surface area is 206 Å². The van der Waals surface area contributed by atoms with E-state index in [1.807, 2.05) is 30.3 Å². The molecular formula is C25H21ClF3NO4S. The number of ether oxygens (including phenoxy) is 1. The van der Waals surface area contributed by atoms with E-state index >= 15 is 0 Å². The topological polar surface area (TPSA) is 63.7 Å². The van der Waals surface area contributed by atoms with E-state index in [9.17, 15) is 26.4 Å². The van der Waals surface area contributed by atoms with Crippen molar-refractivity contribution in [2.24, 2.45) is 0 Å². The van der Waals surface area contributed by atoms with Gasteiger partial charge in [0.05, 0.1) is 10.5 Å². The van der Waals surface area contributed by atoms with Crippen LogP contribution in [0, 0.1) is 0 Å². The van der Waals surface area contributed by atoms with Crippen LogP contribution in [0.2, 0.25) is 5.02 Å². The third-order valence-electron chi connectivity index (χ3n) is 5.77. The Morgan fingerprint density at radius 3 is 2.23 bits per heavy atom. The van der Waals surface area contributed by atoms with Gasteiger partial charge in [0.2, 0.25) is 0 Å². The fraction of sp³-hybridized carbons (Fsp3) is 0.240. The third-order valence-corrected chi connectivity index (χ3v) is 7.13. The molecule has 0 aromatic heterocycles. The van der Waals surface area contributed by atoms with Gasteiger partial charge in [0, 0.05) is 24.4 Å². The van der Waals surface area contributed by atoms with Crippen molar-refractivity contribution in [2.75, 3.05) is 6.26 Å². The first kappa shape index (κ1) is 25.1. The van der Waals surface area contributed by atoms with Crippen LogP contribution in [0.3, 0.4) is 0 Å². The Balaban J connectivity index is 1.65. The molecule has 0 aliphatic carbocycles. The van der Waals surface area contributed by atoms with Crippen LogP contribution in [0.15, 0.2) is 65.6 Å². The van der Waals surface area contributed by atoms with Gasteiger partial charge in [-0.15, -0.1) is 0 Å². The van der Waals surface area contributed by atoms with Crippen molar-refractivity contribution in [3.63, 3.8) is 0 Å². The molecule has 0 N–H and O–H groups in total. The van der Waals surface area contributed by atoms with Gasteiger partial charge in [-0.05, 0) is 65.6 Å². The smallest absolute Gasteiger partial charge is 0.425 e. The second-order valence-corrected chi connectivity index (χ2v) is 10.8. The first-order chi connectivity index (χ1) is 16.3.